The van der Waals surface area contributed by atoms with Crippen LogP contribution in [0.2, 0.25) is 0 Å². The fraction of sp³-hybridized carbons (Fsp3) is 0.300. The summed E-state index contributed by atoms with van der Waals surface area (Å²) < 4.78 is 35.6. The van der Waals surface area contributed by atoms with E-state index in [2.05, 4.69) is 31.0 Å². The molecule has 3 aromatic rings. The number of halogens is 1. The highest BCUT2D eigenvalue weighted by Crippen LogP contribution is 2.22. The monoisotopic (exact) mass is 492 g/mol. The van der Waals surface area contributed by atoms with Gasteiger partial charge in [0, 0.05) is 30.0 Å². The standard InChI is InChI=1S/C20H21BrN4O4S/c21-18-7-6-16(30(27,28)23-12-15-4-3-9-29-15)10-17(18)20(26)22-11-14-13-25-8-2-1-5-19(25)24-14/h1-2,5-8,10,13,15,23H,3-4,9,11-12H2,(H,22,26)/t15-/m1/s1. The van der Waals surface area contributed by atoms with Crippen LogP contribution >= 0.6 is 15.9 Å². The van der Waals surface area contributed by atoms with Crippen molar-refractivity contribution in [3.05, 3.63) is 64.5 Å². The molecule has 1 fully saturated rings. The number of nitrogens with zero attached hydrogens (tertiary/aromatic N) is 2. The molecule has 0 bridgehead atoms. The van der Waals surface area contributed by atoms with Crippen LogP contribution in [-0.4, -0.2) is 43.0 Å². The van der Waals surface area contributed by atoms with Crippen molar-refractivity contribution in [3.8, 4) is 0 Å². The maximum Gasteiger partial charge on any atom is 0.252 e. The molecule has 30 heavy (non-hydrogen) atoms. The molecule has 0 aliphatic carbocycles. The van der Waals surface area contributed by atoms with Crippen molar-refractivity contribution in [1.29, 1.82) is 0 Å². The molecule has 2 N–H and O–H groups in total. The predicted octanol–water partition coefficient (Wildman–Crippen LogP) is 2.48. The molecule has 2 aromatic heterocycles. The van der Waals surface area contributed by atoms with Gasteiger partial charge in [0.25, 0.3) is 5.91 Å². The first kappa shape index (κ1) is 21.0. The highest BCUT2D eigenvalue weighted by molar-refractivity contribution is 9.10. The van der Waals surface area contributed by atoms with E-state index in [-0.39, 0.29) is 29.7 Å². The van der Waals surface area contributed by atoms with Gasteiger partial charge in [0.15, 0.2) is 0 Å². The van der Waals surface area contributed by atoms with E-state index in [9.17, 15) is 13.2 Å². The number of amides is 1. The summed E-state index contributed by atoms with van der Waals surface area (Å²) in [4.78, 5) is 17.2. The Hall–Kier alpha value is -2.27. The number of hydrogen-bond donors (Lipinski definition) is 2. The normalized spacial score (nSPS) is 16.8. The average Bonchev–Trinajstić information content (AvgIpc) is 3.40. The Morgan fingerprint density at radius 3 is 2.93 bits per heavy atom. The maximum atomic E-state index is 12.7. The molecule has 0 radical (unpaired) electrons. The fourth-order valence-corrected chi connectivity index (χ4v) is 4.79. The predicted molar refractivity (Wildman–Crippen MR) is 115 cm³/mol. The number of aromatic nitrogens is 2. The second-order valence-corrected chi connectivity index (χ2v) is 9.63. The molecule has 1 saturated heterocycles. The van der Waals surface area contributed by atoms with E-state index in [1.165, 1.54) is 12.1 Å². The van der Waals surface area contributed by atoms with Gasteiger partial charge >= 0.3 is 0 Å². The Kier molecular flexibility index (Phi) is 6.19. The van der Waals surface area contributed by atoms with E-state index in [1.54, 1.807) is 6.07 Å². The van der Waals surface area contributed by atoms with Crippen molar-refractivity contribution in [1.82, 2.24) is 19.4 Å². The second kappa shape index (κ2) is 8.84. The minimum Gasteiger partial charge on any atom is -0.377 e. The summed E-state index contributed by atoms with van der Waals surface area (Å²) in [6.07, 6.45) is 5.37. The molecule has 158 valence electrons. The van der Waals surface area contributed by atoms with Gasteiger partial charge in [-0.05, 0) is 59.1 Å². The van der Waals surface area contributed by atoms with Gasteiger partial charge in [-0.2, -0.15) is 0 Å². The summed E-state index contributed by atoms with van der Waals surface area (Å²) in [6, 6.07) is 10.0. The van der Waals surface area contributed by atoms with Gasteiger partial charge in [0.05, 0.1) is 28.8 Å². The molecule has 1 atom stereocenters. The highest BCUT2D eigenvalue weighted by atomic mass is 79.9. The first-order valence-corrected chi connectivity index (χ1v) is 11.8. The number of ether oxygens (including phenoxy) is 1. The lowest BCUT2D eigenvalue weighted by Gasteiger charge is -2.13. The van der Waals surface area contributed by atoms with Crippen molar-refractivity contribution < 1.29 is 17.9 Å². The van der Waals surface area contributed by atoms with Crippen LogP contribution in [0, 0.1) is 0 Å². The largest absolute Gasteiger partial charge is 0.377 e. The molecule has 0 saturated carbocycles. The molecule has 0 spiro atoms. The molecule has 1 aromatic carbocycles. The third-order valence-corrected chi connectivity index (χ3v) is 6.97. The van der Waals surface area contributed by atoms with Gasteiger partial charge in [-0.25, -0.2) is 18.1 Å². The number of carbonyl (C=O) groups excluding carboxylic acids is 1. The van der Waals surface area contributed by atoms with Crippen LogP contribution in [0.1, 0.15) is 28.9 Å². The van der Waals surface area contributed by atoms with Gasteiger partial charge in [-0.15, -0.1) is 0 Å². The van der Waals surface area contributed by atoms with Crippen LogP contribution in [0.15, 0.2) is 58.2 Å². The molecular formula is C20H21BrN4O4S. The van der Waals surface area contributed by atoms with Crippen LogP contribution in [0.25, 0.3) is 5.65 Å². The molecular weight excluding hydrogens is 472 g/mol. The summed E-state index contributed by atoms with van der Waals surface area (Å²) in [6.45, 7) is 1.09. The summed E-state index contributed by atoms with van der Waals surface area (Å²) in [5, 5.41) is 2.79. The number of carbonyl (C=O) groups is 1. The van der Waals surface area contributed by atoms with Crippen LogP contribution in [-0.2, 0) is 21.3 Å². The number of sulfonamides is 1. The van der Waals surface area contributed by atoms with Crippen molar-refractivity contribution >= 4 is 37.5 Å². The van der Waals surface area contributed by atoms with Crippen LogP contribution in [0.3, 0.4) is 0 Å². The zero-order valence-electron chi connectivity index (χ0n) is 16.0. The van der Waals surface area contributed by atoms with Crippen LogP contribution in [0.4, 0.5) is 0 Å². The summed E-state index contributed by atoms with van der Waals surface area (Å²) >= 11 is 3.33. The zero-order chi connectivity index (χ0) is 21.1. The van der Waals surface area contributed by atoms with E-state index in [4.69, 9.17) is 4.74 Å². The zero-order valence-corrected chi connectivity index (χ0v) is 18.4. The minimum atomic E-state index is -3.75. The molecule has 1 aliphatic heterocycles. The number of benzene rings is 1. The molecule has 1 aliphatic rings. The van der Waals surface area contributed by atoms with Crippen molar-refractivity contribution in [2.24, 2.45) is 0 Å². The van der Waals surface area contributed by atoms with Crippen molar-refractivity contribution in [3.63, 3.8) is 0 Å². The molecule has 3 heterocycles. The lowest BCUT2D eigenvalue weighted by Crippen LogP contribution is -2.32. The fourth-order valence-electron chi connectivity index (χ4n) is 3.28. The lowest BCUT2D eigenvalue weighted by molar-refractivity contribution is 0.0949. The Balaban J connectivity index is 1.45. The molecule has 4 rings (SSSR count). The minimum absolute atomic E-state index is 0.0292. The SMILES string of the molecule is O=C(NCc1cn2ccccc2n1)c1cc(S(=O)(=O)NC[C@H]2CCCO2)ccc1Br. The molecule has 0 unspecified atom stereocenters. The number of imidazole rings is 1. The van der Waals surface area contributed by atoms with Gasteiger partial charge in [0.2, 0.25) is 10.0 Å². The third kappa shape index (κ3) is 4.72. The summed E-state index contributed by atoms with van der Waals surface area (Å²) in [5.41, 5.74) is 1.72. The van der Waals surface area contributed by atoms with Crippen LogP contribution in [0.5, 0.6) is 0 Å². The highest BCUT2D eigenvalue weighted by Gasteiger charge is 2.22. The van der Waals surface area contributed by atoms with E-state index in [0.717, 1.165) is 18.5 Å². The molecule has 8 nitrogen and oxygen atoms in total. The quantitative estimate of drug-likeness (QED) is 0.527. The number of rotatable bonds is 7. The number of pyridine rings is 1. The second-order valence-electron chi connectivity index (χ2n) is 7.01. The Bertz CT molecular complexity index is 1140. The lowest BCUT2D eigenvalue weighted by atomic mass is 10.2. The first-order valence-electron chi connectivity index (χ1n) is 9.54. The molecule has 1 amide bonds. The Labute approximate surface area is 182 Å². The van der Waals surface area contributed by atoms with Crippen molar-refractivity contribution in [2.45, 2.75) is 30.4 Å². The summed E-state index contributed by atoms with van der Waals surface area (Å²) in [7, 11) is -3.75. The summed E-state index contributed by atoms with van der Waals surface area (Å²) in [5.74, 6) is -0.393. The Morgan fingerprint density at radius 1 is 1.30 bits per heavy atom. The molecule has 10 heteroatoms. The number of nitrogens with one attached hydrogen (secondary N) is 2. The van der Waals surface area contributed by atoms with E-state index < -0.39 is 15.9 Å². The third-order valence-electron chi connectivity index (χ3n) is 4.86. The van der Waals surface area contributed by atoms with E-state index >= 15 is 0 Å². The first-order chi connectivity index (χ1) is 14.4. The maximum absolute atomic E-state index is 12.7. The van der Waals surface area contributed by atoms with E-state index in [0.29, 0.717) is 16.8 Å². The van der Waals surface area contributed by atoms with Gasteiger partial charge in [-0.3, -0.25) is 4.79 Å². The number of hydrogen-bond acceptors (Lipinski definition) is 5. The average molecular weight is 493 g/mol. The van der Waals surface area contributed by atoms with Gasteiger partial charge in [-0.1, -0.05) is 6.07 Å². The van der Waals surface area contributed by atoms with Gasteiger partial charge in [0.1, 0.15) is 5.65 Å². The topological polar surface area (TPSA) is 102 Å². The van der Waals surface area contributed by atoms with Gasteiger partial charge < -0.3 is 14.5 Å². The van der Waals surface area contributed by atoms with E-state index in [1.807, 2.05) is 35.0 Å². The smallest absolute Gasteiger partial charge is 0.252 e. The van der Waals surface area contributed by atoms with Crippen LogP contribution < -0.4 is 10.0 Å². The number of fused-ring (bicyclic) bond motifs is 1. The Morgan fingerprint density at radius 2 is 2.17 bits per heavy atom. The van der Waals surface area contributed by atoms with Crippen molar-refractivity contribution in [2.75, 3.05) is 13.2 Å².